The van der Waals surface area contributed by atoms with Crippen molar-refractivity contribution in [1.82, 2.24) is 4.90 Å². The summed E-state index contributed by atoms with van der Waals surface area (Å²) in [6.07, 6.45) is 2.92. The van der Waals surface area contributed by atoms with Crippen LogP contribution >= 0.6 is 0 Å². The van der Waals surface area contributed by atoms with Crippen molar-refractivity contribution in [2.24, 2.45) is 11.7 Å². The number of aliphatic hydroxyl groups is 1. The summed E-state index contributed by atoms with van der Waals surface area (Å²) in [5, 5.41) is 9.78. The van der Waals surface area contributed by atoms with Gasteiger partial charge in [-0.3, -0.25) is 4.90 Å². The van der Waals surface area contributed by atoms with Gasteiger partial charge in [0.25, 0.3) is 0 Å². The Bertz CT molecular complexity index is 439. The van der Waals surface area contributed by atoms with Crippen LogP contribution in [0, 0.1) is 12.8 Å². The number of nitrogens with two attached hydrogens (primary N) is 1. The van der Waals surface area contributed by atoms with E-state index in [9.17, 15) is 5.11 Å². The molecule has 0 aromatic heterocycles. The molecule has 3 heteroatoms. The normalized spacial score (nSPS) is 22.0. The van der Waals surface area contributed by atoms with Gasteiger partial charge in [-0.25, -0.2) is 0 Å². The highest BCUT2D eigenvalue weighted by atomic mass is 16.3. The highest BCUT2D eigenvalue weighted by molar-refractivity contribution is 5.30. The predicted octanol–water partition coefficient (Wildman–Crippen LogP) is 2.87. The third-order valence-corrected chi connectivity index (χ3v) is 5.03. The topological polar surface area (TPSA) is 49.5 Å². The van der Waals surface area contributed by atoms with E-state index in [-0.39, 0.29) is 12.1 Å². The van der Waals surface area contributed by atoms with Gasteiger partial charge in [-0.15, -0.1) is 0 Å². The first kappa shape index (κ1) is 16.5. The molecule has 0 radical (unpaired) electrons. The van der Waals surface area contributed by atoms with Gasteiger partial charge in [0.1, 0.15) is 0 Å². The minimum atomic E-state index is -0.191. The van der Waals surface area contributed by atoms with Gasteiger partial charge < -0.3 is 10.8 Å². The van der Waals surface area contributed by atoms with Crippen LogP contribution in [0.1, 0.15) is 50.3 Å². The molecule has 118 valence electrons. The lowest BCUT2D eigenvalue weighted by molar-refractivity contribution is 0.0494. The molecule has 1 aromatic rings. The van der Waals surface area contributed by atoms with E-state index in [1.807, 2.05) is 6.92 Å². The van der Waals surface area contributed by atoms with Crippen LogP contribution in [0.25, 0.3) is 0 Å². The van der Waals surface area contributed by atoms with Gasteiger partial charge in [0.2, 0.25) is 0 Å². The standard InChI is InChI=1S/C18H30N2O/c1-4-17(19)18(16-8-6-5-7-13(16)2)20-11-9-15(10-12-20)14(3)21/h5-8,14-15,17-18,21H,4,9-12,19H2,1-3H3. The molecular weight excluding hydrogens is 260 g/mol. The fourth-order valence-electron chi connectivity index (χ4n) is 3.52. The summed E-state index contributed by atoms with van der Waals surface area (Å²) in [6, 6.07) is 9.05. The number of hydrogen-bond donors (Lipinski definition) is 2. The summed E-state index contributed by atoms with van der Waals surface area (Å²) in [5.41, 5.74) is 9.14. The average molecular weight is 290 g/mol. The summed E-state index contributed by atoms with van der Waals surface area (Å²) >= 11 is 0. The Morgan fingerprint density at radius 1 is 1.29 bits per heavy atom. The van der Waals surface area contributed by atoms with E-state index in [1.54, 1.807) is 0 Å². The summed E-state index contributed by atoms with van der Waals surface area (Å²) in [6.45, 7) is 8.31. The molecule has 0 saturated carbocycles. The summed E-state index contributed by atoms with van der Waals surface area (Å²) in [4.78, 5) is 2.52. The number of aryl methyl sites for hydroxylation is 1. The first-order valence-electron chi connectivity index (χ1n) is 8.27. The van der Waals surface area contributed by atoms with Crippen molar-refractivity contribution < 1.29 is 5.11 Å². The van der Waals surface area contributed by atoms with E-state index < -0.39 is 0 Å². The van der Waals surface area contributed by atoms with Gasteiger partial charge in [-0.05, 0) is 63.2 Å². The second kappa shape index (κ2) is 7.39. The summed E-state index contributed by atoms with van der Waals surface area (Å²) in [7, 11) is 0. The van der Waals surface area contributed by atoms with Crippen LogP contribution in [-0.4, -0.2) is 35.2 Å². The third kappa shape index (κ3) is 3.85. The van der Waals surface area contributed by atoms with Crippen molar-refractivity contribution in [3.63, 3.8) is 0 Å². The van der Waals surface area contributed by atoms with E-state index in [0.29, 0.717) is 12.0 Å². The highest BCUT2D eigenvalue weighted by Gasteiger charge is 2.31. The number of aliphatic hydroxyl groups excluding tert-OH is 1. The molecule has 2 rings (SSSR count). The molecule has 3 N–H and O–H groups in total. The van der Waals surface area contributed by atoms with Crippen LogP contribution in [-0.2, 0) is 0 Å². The minimum Gasteiger partial charge on any atom is -0.393 e. The second-order valence-electron chi connectivity index (χ2n) is 6.49. The Hall–Kier alpha value is -0.900. The van der Waals surface area contributed by atoms with Crippen molar-refractivity contribution >= 4 is 0 Å². The summed E-state index contributed by atoms with van der Waals surface area (Å²) in [5.74, 6) is 0.441. The first-order chi connectivity index (χ1) is 10.0. The molecule has 3 unspecified atom stereocenters. The van der Waals surface area contributed by atoms with Gasteiger partial charge in [-0.2, -0.15) is 0 Å². The Labute approximate surface area is 129 Å². The molecule has 1 heterocycles. The Morgan fingerprint density at radius 3 is 2.43 bits per heavy atom. The SMILES string of the molecule is CCC(N)C(c1ccccc1C)N1CCC(C(C)O)CC1. The van der Waals surface area contributed by atoms with Crippen molar-refractivity contribution in [3.8, 4) is 0 Å². The molecule has 1 saturated heterocycles. The van der Waals surface area contributed by atoms with E-state index in [0.717, 1.165) is 32.4 Å². The molecule has 3 atom stereocenters. The number of likely N-dealkylation sites (tertiary alicyclic amines) is 1. The van der Waals surface area contributed by atoms with E-state index in [4.69, 9.17) is 5.73 Å². The highest BCUT2D eigenvalue weighted by Crippen LogP contribution is 2.32. The van der Waals surface area contributed by atoms with Crippen LogP contribution in [0.2, 0.25) is 0 Å². The number of rotatable bonds is 5. The first-order valence-corrected chi connectivity index (χ1v) is 8.27. The molecule has 0 amide bonds. The Balaban J connectivity index is 2.17. The average Bonchev–Trinajstić information content (AvgIpc) is 2.49. The number of nitrogens with zero attached hydrogens (tertiary/aromatic N) is 1. The lowest BCUT2D eigenvalue weighted by atomic mass is 9.87. The zero-order chi connectivity index (χ0) is 15.4. The van der Waals surface area contributed by atoms with Gasteiger partial charge >= 0.3 is 0 Å². The maximum Gasteiger partial charge on any atom is 0.0541 e. The van der Waals surface area contributed by atoms with Gasteiger partial charge in [-0.1, -0.05) is 31.2 Å². The number of piperidine rings is 1. The molecule has 1 aliphatic heterocycles. The zero-order valence-corrected chi connectivity index (χ0v) is 13.6. The van der Waals surface area contributed by atoms with Gasteiger partial charge in [0.05, 0.1) is 12.1 Å². The predicted molar refractivity (Wildman–Crippen MR) is 88.2 cm³/mol. The quantitative estimate of drug-likeness (QED) is 0.876. The van der Waals surface area contributed by atoms with Gasteiger partial charge in [0.15, 0.2) is 0 Å². The second-order valence-corrected chi connectivity index (χ2v) is 6.49. The van der Waals surface area contributed by atoms with Crippen molar-refractivity contribution in [2.45, 2.75) is 58.2 Å². The Morgan fingerprint density at radius 2 is 1.90 bits per heavy atom. The molecule has 0 aliphatic carbocycles. The van der Waals surface area contributed by atoms with Crippen molar-refractivity contribution in [2.75, 3.05) is 13.1 Å². The molecular formula is C18H30N2O. The molecule has 21 heavy (non-hydrogen) atoms. The zero-order valence-electron chi connectivity index (χ0n) is 13.6. The molecule has 0 spiro atoms. The fraction of sp³-hybridized carbons (Fsp3) is 0.667. The monoisotopic (exact) mass is 290 g/mol. The Kier molecular flexibility index (Phi) is 5.80. The molecule has 1 aromatic carbocycles. The lowest BCUT2D eigenvalue weighted by Gasteiger charge is -2.41. The maximum absolute atomic E-state index is 9.78. The van der Waals surface area contributed by atoms with E-state index >= 15 is 0 Å². The minimum absolute atomic E-state index is 0.161. The third-order valence-electron chi connectivity index (χ3n) is 5.03. The van der Waals surface area contributed by atoms with E-state index in [2.05, 4.69) is 43.0 Å². The molecule has 1 aliphatic rings. The van der Waals surface area contributed by atoms with E-state index in [1.165, 1.54) is 11.1 Å². The van der Waals surface area contributed by atoms with Crippen LogP contribution in [0.5, 0.6) is 0 Å². The van der Waals surface area contributed by atoms with Crippen LogP contribution in [0.4, 0.5) is 0 Å². The molecule has 3 nitrogen and oxygen atoms in total. The van der Waals surface area contributed by atoms with Crippen LogP contribution < -0.4 is 5.73 Å². The van der Waals surface area contributed by atoms with Gasteiger partial charge in [0, 0.05) is 6.04 Å². The largest absolute Gasteiger partial charge is 0.393 e. The number of benzene rings is 1. The fourth-order valence-corrected chi connectivity index (χ4v) is 3.52. The lowest BCUT2D eigenvalue weighted by Crippen LogP contribution is -2.46. The number of hydrogen-bond acceptors (Lipinski definition) is 3. The van der Waals surface area contributed by atoms with Crippen molar-refractivity contribution in [3.05, 3.63) is 35.4 Å². The van der Waals surface area contributed by atoms with Crippen LogP contribution in [0.15, 0.2) is 24.3 Å². The van der Waals surface area contributed by atoms with Crippen molar-refractivity contribution in [1.29, 1.82) is 0 Å². The maximum atomic E-state index is 9.78. The molecule has 1 fully saturated rings. The van der Waals surface area contributed by atoms with Crippen LogP contribution in [0.3, 0.4) is 0 Å². The summed E-state index contributed by atoms with van der Waals surface area (Å²) < 4.78 is 0. The smallest absolute Gasteiger partial charge is 0.0541 e. The molecule has 0 bridgehead atoms.